The summed E-state index contributed by atoms with van der Waals surface area (Å²) in [5, 5.41) is 14.2. The van der Waals surface area contributed by atoms with Crippen LogP contribution in [-0.2, 0) is 10.2 Å². The van der Waals surface area contributed by atoms with Gasteiger partial charge in [0, 0.05) is 29.1 Å². The molecule has 0 bridgehead atoms. The number of para-hydroxylation sites is 2. The number of carbonyl (C=O) groups excluding carboxylic acids is 3. The molecular weight excluding hydrogens is 494 g/mol. The molecule has 0 spiro atoms. The van der Waals surface area contributed by atoms with Crippen LogP contribution in [0.2, 0.25) is 0 Å². The van der Waals surface area contributed by atoms with E-state index in [0.29, 0.717) is 17.7 Å². The summed E-state index contributed by atoms with van der Waals surface area (Å²) in [6, 6.07) is 12.5. The summed E-state index contributed by atoms with van der Waals surface area (Å²) in [5.74, 6) is -0.197. The second-order valence-electron chi connectivity index (χ2n) is 10.4. The largest absolute Gasteiger partial charge is 0.419 e. The molecule has 0 unspecified atom stereocenters. The SMILES string of the molecule is CC(C)(C)c1ccc(C(=O)N2C(=O)N[C@@H]3[C@H](CCCCC(=O)Oc4ccccc4[N+](=O)[O-])SC[C@@H]32)cc1. The van der Waals surface area contributed by atoms with E-state index in [-0.39, 0.29) is 52.5 Å². The number of hydrogen-bond donors (Lipinski definition) is 1. The molecule has 3 amide bonds. The van der Waals surface area contributed by atoms with Gasteiger partial charge in [-0.2, -0.15) is 11.8 Å². The zero-order valence-corrected chi connectivity index (χ0v) is 22.0. The zero-order chi connectivity index (χ0) is 26.7. The van der Waals surface area contributed by atoms with Gasteiger partial charge in [-0.05, 0) is 42.0 Å². The van der Waals surface area contributed by atoms with E-state index in [9.17, 15) is 24.5 Å². The minimum Gasteiger partial charge on any atom is -0.419 e. The van der Waals surface area contributed by atoms with Crippen molar-refractivity contribution < 1.29 is 24.0 Å². The fourth-order valence-electron chi connectivity index (χ4n) is 4.70. The molecule has 0 radical (unpaired) electrons. The normalized spacial score (nSPS) is 20.9. The average molecular weight is 526 g/mol. The highest BCUT2D eigenvalue weighted by Crippen LogP contribution is 2.38. The lowest BCUT2D eigenvalue weighted by Crippen LogP contribution is -2.41. The van der Waals surface area contributed by atoms with Gasteiger partial charge in [0.15, 0.2) is 0 Å². The number of hydrogen-bond acceptors (Lipinski definition) is 7. The third-order valence-electron chi connectivity index (χ3n) is 6.76. The number of urea groups is 1. The Morgan fingerprint density at radius 3 is 2.51 bits per heavy atom. The molecule has 0 aromatic heterocycles. The molecule has 10 heteroatoms. The first kappa shape index (κ1) is 26.7. The van der Waals surface area contributed by atoms with Crippen molar-refractivity contribution in [2.45, 2.75) is 69.2 Å². The molecule has 3 atom stereocenters. The number of ether oxygens (including phenoxy) is 1. The molecule has 1 N–H and O–H groups in total. The molecular formula is C27H31N3O6S. The van der Waals surface area contributed by atoms with E-state index in [1.807, 2.05) is 12.1 Å². The predicted molar refractivity (Wildman–Crippen MR) is 141 cm³/mol. The number of nitrogens with zero attached hydrogens (tertiary/aromatic N) is 2. The number of nitro groups is 1. The smallest absolute Gasteiger partial charge is 0.325 e. The maximum absolute atomic E-state index is 13.2. The van der Waals surface area contributed by atoms with E-state index in [2.05, 4.69) is 26.1 Å². The monoisotopic (exact) mass is 525 g/mol. The summed E-state index contributed by atoms with van der Waals surface area (Å²) >= 11 is 1.73. The minimum atomic E-state index is -0.582. The summed E-state index contributed by atoms with van der Waals surface area (Å²) < 4.78 is 5.18. The quantitative estimate of drug-likeness (QED) is 0.128. The molecule has 37 heavy (non-hydrogen) atoms. The zero-order valence-electron chi connectivity index (χ0n) is 21.1. The van der Waals surface area contributed by atoms with E-state index in [1.54, 1.807) is 30.0 Å². The topological polar surface area (TPSA) is 119 Å². The van der Waals surface area contributed by atoms with Crippen LogP contribution in [-0.4, -0.2) is 50.8 Å². The maximum Gasteiger partial charge on any atom is 0.325 e. The van der Waals surface area contributed by atoms with E-state index >= 15 is 0 Å². The predicted octanol–water partition coefficient (Wildman–Crippen LogP) is 5.08. The molecule has 0 saturated carbocycles. The number of thioether (sulfide) groups is 1. The minimum absolute atomic E-state index is 0.0246. The van der Waals surface area contributed by atoms with Crippen molar-refractivity contribution in [1.29, 1.82) is 0 Å². The second-order valence-corrected chi connectivity index (χ2v) is 11.6. The second kappa shape index (κ2) is 10.9. The van der Waals surface area contributed by atoms with Crippen LogP contribution in [0.25, 0.3) is 0 Å². The van der Waals surface area contributed by atoms with Gasteiger partial charge in [-0.3, -0.25) is 24.6 Å². The fraction of sp³-hybridized carbons (Fsp3) is 0.444. The molecule has 2 aromatic carbocycles. The van der Waals surface area contributed by atoms with E-state index in [1.165, 1.54) is 23.1 Å². The molecule has 2 aliphatic heterocycles. The molecule has 2 fully saturated rings. The molecule has 2 heterocycles. The van der Waals surface area contributed by atoms with Crippen molar-refractivity contribution in [1.82, 2.24) is 10.2 Å². The lowest BCUT2D eigenvalue weighted by Gasteiger charge is -2.22. The fourth-order valence-corrected chi connectivity index (χ4v) is 6.30. The molecule has 0 aliphatic carbocycles. The highest BCUT2D eigenvalue weighted by Gasteiger charge is 2.50. The summed E-state index contributed by atoms with van der Waals surface area (Å²) in [7, 11) is 0. The number of benzene rings is 2. The molecule has 9 nitrogen and oxygen atoms in total. The van der Waals surface area contributed by atoms with E-state index in [0.717, 1.165) is 18.4 Å². The highest BCUT2D eigenvalue weighted by atomic mass is 32.2. The Balaban J connectivity index is 1.27. The Hall–Kier alpha value is -3.40. The third-order valence-corrected chi connectivity index (χ3v) is 8.25. The van der Waals surface area contributed by atoms with Gasteiger partial charge in [0.2, 0.25) is 5.75 Å². The van der Waals surface area contributed by atoms with Gasteiger partial charge in [0.25, 0.3) is 5.91 Å². The molecule has 4 rings (SSSR count). The Bertz CT molecular complexity index is 1190. The number of amides is 3. The lowest BCUT2D eigenvalue weighted by atomic mass is 9.86. The average Bonchev–Trinajstić information content (AvgIpc) is 3.38. The number of unbranched alkanes of at least 4 members (excludes halogenated alkanes) is 1. The number of nitrogens with one attached hydrogen (secondary N) is 1. The first-order valence-corrected chi connectivity index (χ1v) is 13.4. The standard InChI is InChI=1S/C27H31N3O6S/c1-27(2,3)18-14-12-17(13-15-18)25(32)29-20-16-37-22(24(20)28-26(29)33)10-6-7-11-23(31)36-21-9-5-4-8-19(21)30(34)35/h4-5,8-9,12-15,20,22,24H,6-7,10-11,16H2,1-3H3,(H,28,33)/t20-,22-,24-/m0/s1. The summed E-state index contributed by atoms with van der Waals surface area (Å²) in [5.41, 5.74) is 1.35. The number of rotatable bonds is 8. The number of nitro benzene ring substituents is 1. The maximum atomic E-state index is 13.2. The van der Waals surface area contributed by atoms with Crippen LogP contribution in [0.5, 0.6) is 5.75 Å². The van der Waals surface area contributed by atoms with Crippen molar-refractivity contribution in [3.05, 3.63) is 69.8 Å². The van der Waals surface area contributed by atoms with E-state index in [4.69, 9.17) is 4.74 Å². The Kier molecular flexibility index (Phi) is 7.87. The van der Waals surface area contributed by atoms with Gasteiger partial charge in [-0.1, -0.05) is 51.5 Å². The highest BCUT2D eigenvalue weighted by molar-refractivity contribution is 8.00. The number of imide groups is 1. The van der Waals surface area contributed by atoms with Crippen LogP contribution < -0.4 is 10.1 Å². The molecule has 2 aromatic rings. The van der Waals surface area contributed by atoms with Gasteiger partial charge in [0.1, 0.15) is 0 Å². The van der Waals surface area contributed by atoms with Gasteiger partial charge < -0.3 is 10.1 Å². The van der Waals surface area contributed by atoms with Crippen LogP contribution in [0.3, 0.4) is 0 Å². The number of esters is 1. The molecule has 2 saturated heterocycles. The van der Waals surface area contributed by atoms with E-state index < -0.39 is 10.9 Å². The first-order chi connectivity index (χ1) is 17.6. The Labute approximate surface area is 220 Å². The Morgan fingerprint density at radius 2 is 1.84 bits per heavy atom. The summed E-state index contributed by atoms with van der Waals surface area (Å²) in [4.78, 5) is 49.9. The van der Waals surface area contributed by atoms with Crippen LogP contribution in [0.1, 0.15) is 62.4 Å². The van der Waals surface area contributed by atoms with Crippen LogP contribution >= 0.6 is 11.8 Å². The number of fused-ring (bicyclic) bond motifs is 1. The third kappa shape index (κ3) is 5.95. The lowest BCUT2D eigenvalue weighted by molar-refractivity contribution is -0.385. The van der Waals surface area contributed by atoms with Crippen molar-refractivity contribution in [3.8, 4) is 5.75 Å². The number of carbonyl (C=O) groups is 3. The summed E-state index contributed by atoms with van der Waals surface area (Å²) in [6.07, 6.45) is 2.20. The van der Waals surface area contributed by atoms with Crippen molar-refractivity contribution in [2.24, 2.45) is 0 Å². The summed E-state index contributed by atoms with van der Waals surface area (Å²) in [6.45, 7) is 6.32. The van der Waals surface area contributed by atoms with Crippen LogP contribution in [0.4, 0.5) is 10.5 Å². The van der Waals surface area contributed by atoms with Gasteiger partial charge in [0.05, 0.1) is 17.0 Å². The van der Waals surface area contributed by atoms with Gasteiger partial charge in [-0.15, -0.1) is 0 Å². The van der Waals surface area contributed by atoms with Crippen molar-refractivity contribution in [2.75, 3.05) is 5.75 Å². The van der Waals surface area contributed by atoms with Crippen LogP contribution in [0.15, 0.2) is 48.5 Å². The van der Waals surface area contributed by atoms with Crippen molar-refractivity contribution >= 4 is 35.4 Å². The van der Waals surface area contributed by atoms with Crippen molar-refractivity contribution in [3.63, 3.8) is 0 Å². The Morgan fingerprint density at radius 1 is 1.14 bits per heavy atom. The van der Waals surface area contributed by atoms with Crippen LogP contribution in [0, 0.1) is 10.1 Å². The first-order valence-electron chi connectivity index (χ1n) is 12.4. The van der Waals surface area contributed by atoms with Gasteiger partial charge in [-0.25, -0.2) is 4.79 Å². The molecule has 2 aliphatic rings. The molecule has 196 valence electrons. The van der Waals surface area contributed by atoms with Gasteiger partial charge >= 0.3 is 17.7 Å².